The minimum absolute atomic E-state index is 0.372. The third kappa shape index (κ3) is 2.86. The van der Waals surface area contributed by atoms with Gasteiger partial charge in [-0.3, -0.25) is 5.26 Å². The van der Waals surface area contributed by atoms with Crippen molar-refractivity contribution in [3.05, 3.63) is 30.1 Å². The summed E-state index contributed by atoms with van der Waals surface area (Å²) in [6, 6.07) is 3.74. The Morgan fingerprint density at radius 2 is 2.11 bits per heavy atom. The van der Waals surface area contributed by atoms with E-state index in [4.69, 9.17) is 5.26 Å². The molecule has 0 bridgehead atoms. The maximum atomic E-state index is 11.2. The first-order valence-corrected chi connectivity index (χ1v) is 5.95. The van der Waals surface area contributed by atoms with Gasteiger partial charge >= 0.3 is 0 Å². The number of carboxylic acid groups (broad SMARTS) is 1. The van der Waals surface area contributed by atoms with Crippen molar-refractivity contribution in [2.75, 3.05) is 6.61 Å². The first-order valence-electron chi connectivity index (χ1n) is 5.95. The van der Waals surface area contributed by atoms with Gasteiger partial charge in [0.25, 0.3) is 0 Å². The van der Waals surface area contributed by atoms with Gasteiger partial charge in [0.15, 0.2) is 19.0 Å². The molecule has 0 aliphatic rings. The molecule has 0 spiro atoms. The van der Waals surface area contributed by atoms with Crippen molar-refractivity contribution in [2.24, 2.45) is 0 Å². The molecule has 100 valence electrons. The second-order valence-electron chi connectivity index (χ2n) is 4.68. The van der Waals surface area contributed by atoms with E-state index in [1.807, 2.05) is 12.1 Å². The molecule has 0 aliphatic heterocycles. The Morgan fingerprint density at radius 1 is 1.56 bits per heavy atom. The molecule has 1 heterocycles. The molecule has 0 aromatic carbocycles. The van der Waals surface area contributed by atoms with Gasteiger partial charge in [-0.2, -0.15) is 4.57 Å². The van der Waals surface area contributed by atoms with Crippen LogP contribution in [-0.2, 0) is 15.2 Å². The van der Waals surface area contributed by atoms with E-state index in [-0.39, 0.29) is 6.61 Å². The van der Waals surface area contributed by atoms with Crippen LogP contribution in [0.3, 0.4) is 0 Å². The van der Waals surface area contributed by atoms with Crippen LogP contribution in [0, 0.1) is 0 Å². The zero-order valence-electron chi connectivity index (χ0n) is 10.9. The van der Waals surface area contributed by atoms with Gasteiger partial charge in [0.05, 0.1) is 0 Å². The fourth-order valence-corrected chi connectivity index (χ4v) is 1.70. The molecule has 1 aromatic heterocycles. The van der Waals surface area contributed by atoms with Crippen LogP contribution in [0.5, 0.6) is 0 Å². The summed E-state index contributed by atoms with van der Waals surface area (Å²) in [5.41, 5.74) is -0.290. The van der Waals surface area contributed by atoms with Crippen molar-refractivity contribution in [1.82, 2.24) is 0 Å². The number of carbonyl (C=O) groups excluding carboxylic acids is 1. The lowest BCUT2D eigenvalue weighted by molar-refractivity contribution is -0.757. The van der Waals surface area contributed by atoms with Crippen molar-refractivity contribution in [2.45, 2.75) is 38.6 Å². The fraction of sp³-hybridized carbons (Fsp3) is 0.538. The molecule has 0 aliphatic carbocycles. The summed E-state index contributed by atoms with van der Waals surface area (Å²) >= 11 is 0. The van der Waals surface area contributed by atoms with E-state index in [9.17, 15) is 9.90 Å². The average Bonchev–Trinajstić information content (AvgIpc) is 2.38. The quantitative estimate of drug-likeness (QED) is 0.453. The Hall–Kier alpha value is -1.46. The standard InChI is InChI=1S/C13H19NO4/c1-4-10(2)11-5-7-14(8-6-11)13(3,9-18-17)12(15)16/h5-8,10H,4,9H2,1-3H3,(H-,15,16,17). The predicted octanol–water partition coefficient (Wildman–Crippen LogP) is 0.442. The number of hydrogen-bond donors (Lipinski definition) is 1. The molecular weight excluding hydrogens is 234 g/mol. The van der Waals surface area contributed by atoms with Gasteiger partial charge in [0.1, 0.15) is 5.97 Å². The highest BCUT2D eigenvalue weighted by atomic mass is 17.1. The van der Waals surface area contributed by atoms with Gasteiger partial charge < -0.3 is 9.90 Å². The maximum Gasteiger partial charge on any atom is 0.230 e. The summed E-state index contributed by atoms with van der Waals surface area (Å²) < 4.78 is 1.46. The number of aliphatic carboxylic acids is 1. The molecule has 1 N–H and O–H groups in total. The SMILES string of the molecule is CCC(C)c1cc[n+](C(C)(COO)C(=O)[O-])cc1. The van der Waals surface area contributed by atoms with E-state index >= 15 is 0 Å². The van der Waals surface area contributed by atoms with Gasteiger partial charge in [-0.05, 0) is 17.9 Å². The summed E-state index contributed by atoms with van der Waals surface area (Å²) in [6.07, 6.45) is 4.34. The molecule has 2 unspecified atom stereocenters. The Morgan fingerprint density at radius 3 is 2.50 bits per heavy atom. The molecule has 1 rings (SSSR count). The highest BCUT2D eigenvalue weighted by molar-refractivity contribution is 5.71. The predicted molar refractivity (Wildman–Crippen MR) is 62.6 cm³/mol. The summed E-state index contributed by atoms with van der Waals surface area (Å²) in [7, 11) is 0. The molecule has 1 aromatic rings. The number of nitrogens with zero attached hydrogens (tertiary/aromatic N) is 1. The molecule has 0 saturated carbocycles. The minimum atomic E-state index is -1.43. The summed E-state index contributed by atoms with van der Waals surface area (Å²) in [4.78, 5) is 15.1. The minimum Gasteiger partial charge on any atom is -0.543 e. The highest BCUT2D eigenvalue weighted by Gasteiger charge is 2.37. The molecule has 5 heteroatoms. The summed E-state index contributed by atoms with van der Waals surface area (Å²) in [5.74, 6) is -0.888. The number of hydrogen-bond acceptors (Lipinski definition) is 4. The van der Waals surface area contributed by atoms with Crippen LogP contribution in [0.25, 0.3) is 0 Å². The van der Waals surface area contributed by atoms with Gasteiger partial charge in [0.2, 0.25) is 5.54 Å². The first kappa shape index (κ1) is 14.6. The normalized spacial score (nSPS) is 16.0. The molecule has 5 nitrogen and oxygen atoms in total. The van der Waals surface area contributed by atoms with E-state index in [2.05, 4.69) is 18.7 Å². The number of aromatic nitrogens is 1. The lowest BCUT2D eigenvalue weighted by Gasteiger charge is -2.23. The molecule has 18 heavy (non-hydrogen) atoms. The Bertz CT molecular complexity index is 404. The summed E-state index contributed by atoms with van der Waals surface area (Å²) in [5, 5.41) is 19.7. The van der Waals surface area contributed by atoms with E-state index in [0.29, 0.717) is 5.92 Å². The first-order chi connectivity index (χ1) is 8.45. The monoisotopic (exact) mass is 253 g/mol. The second kappa shape index (κ2) is 5.93. The van der Waals surface area contributed by atoms with Crippen LogP contribution in [0.15, 0.2) is 24.5 Å². The van der Waals surface area contributed by atoms with Crippen LogP contribution in [0.2, 0.25) is 0 Å². The number of pyridine rings is 1. The highest BCUT2D eigenvalue weighted by Crippen LogP contribution is 2.17. The van der Waals surface area contributed by atoms with Crippen LogP contribution in [-0.4, -0.2) is 17.8 Å². The second-order valence-corrected chi connectivity index (χ2v) is 4.68. The van der Waals surface area contributed by atoms with Crippen LogP contribution in [0.1, 0.15) is 38.7 Å². The molecule has 0 saturated heterocycles. The van der Waals surface area contributed by atoms with Crippen molar-refractivity contribution in [3.8, 4) is 0 Å². The maximum absolute atomic E-state index is 11.2. The lowest BCUT2D eigenvalue weighted by Crippen LogP contribution is -2.65. The molecule has 0 radical (unpaired) electrons. The Labute approximate surface area is 107 Å². The number of rotatable bonds is 6. The largest absolute Gasteiger partial charge is 0.543 e. The van der Waals surface area contributed by atoms with Crippen LogP contribution < -0.4 is 9.67 Å². The van der Waals surface area contributed by atoms with E-state index in [1.54, 1.807) is 12.4 Å². The Kier molecular flexibility index (Phi) is 4.81. The third-order valence-electron chi connectivity index (χ3n) is 3.39. The van der Waals surface area contributed by atoms with Gasteiger partial charge in [0, 0.05) is 19.1 Å². The van der Waals surface area contributed by atoms with Crippen molar-refractivity contribution in [1.29, 1.82) is 0 Å². The molecule has 0 amide bonds. The molecular formula is C13H19NO4. The lowest BCUT2D eigenvalue weighted by atomic mass is 9.99. The zero-order chi connectivity index (χ0) is 13.8. The van der Waals surface area contributed by atoms with E-state index in [0.717, 1.165) is 12.0 Å². The van der Waals surface area contributed by atoms with Crippen LogP contribution >= 0.6 is 0 Å². The number of carboxylic acids is 1. The number of carbonyl (C=O) groups is 1. The smallest absolute Gasteiger partial charge is 0.230 e. The van der Waals surface area contributed by atoms with Crippen molar-refractivity contribution in [3.63, 3.8) is 0 Å². The molecule has 2 atom stereocenters. The van der Waals surface area contributed by atoms with Crippen molar-refractivity contribution >= 4 is 5.97 Å². The zero-order valence-corrected chi connectivity index (χ0v) is 10.9. The van der Waals surface area contributed by atoms with Gasteiger partial charge in [-0.15, -0.1) is 0 Å². The average molecular weight is 253 g/mol. The molecule has 0 fully saturated rings. The van der Waals surface area contributed by atoms with Crippen molar-refractivity contribution < 1.29 is 24.6 Å². The van der Waals surface area contributed by atoms with Gasteiger partial charge in [-0.1, -0.05) is 13.8 Å². The Balaban J connectivity index is 3.05. The fourth-order valence-electron chi connectivity index (χ4n) is 1.70. The van der Waals surface area contributed by atoms with E-state index < -0.39 is 11.5 Å². The van der Waals surface area contributed by atoms with E-state index in [1.165, 1.54) is 11.5 Å². The van der Waals surface area contributed by atoms with Gasteiger partial charge in [-0.25, -0.2) is 4.89 Å². The topological polar surface area (TPSA) is 73.5 Å². The third-order valence-corrected chi connectivity index (χ3v) is 3.39. The summed E-state index contributed by atoms with van der Waals surface area (Å²) in [6.45, 7) is 5.26. The van der Waals surface area contributed by atoms with Crippen LogP contribution in [0.4, 0.5) is 0 Å².